The first-order valence-corrected chi connectivity index (χ1v) is 11.5. The maximum absolute atomic E-state index is 12.6. The van der Waals surface area contributed by atoms with E-state index in [1.54, 1.807) is 30.6 Å². The molecule has 0 aliphatic carbocycles. The Bertz CT molecular complexity index is 914. The molecule has 0 atom stereocenters. The van der Waals surface area contributed by atoms with Crippen molar-refractivity contribution in [3.63, 3.8) is 0 Å². The van der Waals surface area contributed by atoms with Gasteiger partial charge in [-0.2, -0.15) is 4.31 Å². The first-order valence-electron chi connectivity index (χ1n) is 9.90. The molecular formula is C20H27N5O4S. The van der Waals surface area contributed by atoms with Crippen molar-refractivity contribution in [1.82, 2.24) is 19.6 Å². The highest BCUT2D eigenvalue weighted by Crippen LogP contribution is 2.13. The lowest BCUT2D eigenvalue weighted by atomic mass is 10.2. The van der Waals surface area contributed by atoms with Crippen LogP contribution in [0.3, 0.4) is 0 Å². The van der Waals surface area contributed by atoms with Crippen molar-refractivity contribution in [1.29, 1.82) is 0 Å². The monoisotopic (exact) mass is 433 g/mol. The van der Waals surface area contributed by atoms with Gasteiger partial charge in [-0.3, -0.25) is 4.79 Å². The molecule has 3 rings (SSSR count). The summed E-state index contributed by atoms with van der Waals surface area (Å²) in [6.07, 6.45) is 3.69. The van der Waals surface area contributed by atoms with Crippen molar-refractivity contribution in [2.75, 3.05) is 50.0 Å². The van der Waals surface area contributed by atoms with Crippen molar-refractivity contribution < 1.29 is 17.9 Å². The third-order valence-electron chi connectivity index (χ3n) is 4.76. The molecule has 1 aliphatic heterocycles. The lowest BCUT2D eigenvalue weighted by molar-refractivity contribution is -0.123. The second kappa shape index (κ2) is 10.4. The predicted octanol–water partition coefficient (Wildman–Crippen LogP) is 0.822. The summed E-state index contributed by atoms with van der Waals surface area (Å²) in [7, 11) is -3.36. The van der Waals surface area contributed by atoms with Gasteiger partial charge in [0.05, 0.1) is 5.75 Å². The largest absolute Gasteiger partial charge is 0.484 e. The fourth-order valence-corrected chi connectivity index (χ4v) is 4.55. The number of rotatable bonds is 9. The van der Waals surface area contributed by atoms with Gasteiger partial charge in [0.15, 0.2) is 6.61 Å². The number of sulfonamides is 1. The van der Waals surface area contributed by atoms with Crippen LogP contribution < -0.4 is 15.0 Å². The SMILES string of the molecule is Cc1ccc(OCC(=O)NCCCS(=O)(=O)N2CCN(c3ncccn3)CC2)cc1. The molecule has 0 radical (unpaired) electrons. The number of piperazine rings is 1. The minimum Gasteiger partial charge on any atom is -0.484 e. The fourth-order valence-electron chi connectivity index (χ4n) is 3.07. The first-order chi connectivity index (χ1) is 14.4. The Kier molecular flexibility index (Phi) is 7.58. The molecule has 162 valence electrons. The average molecular weight is 434 g/mol. The smallest absolute Gasteiger partial charge is 0.257 e. The van der Waals surface area contributed by atoms with E-state index >= 15 is 0 Å². The van der Waals surface area contributed by atoms with Crippen LogP contribution in [-0.4, -0.2) is 73.7 Å². The third-order valence-corrected chi connectivity index (χ3v) is 6.72. The quantitative estimate of drug-likeness (QED) is 0.584. The van der Waals surface area contributed by atoms with Crippen molar-refractivity contribution in [2.24, 2.45) is 0 Å². The van der Waals surface area contributed by atoms with Crippen LogP contribution in [0.5, 0.6) is 5.75 Å². The number of aromatic nitrogens is 2. The maximum atomic E-state index is 12.6. The van der Waals surface area contributed by atoms with Crippen molar-refractivity contribution in [3.05, 3.63) is 48.3 Å². The topological polar surface area (TPSA) is 105 Å². The molecular weight excluding hydrogens is 406 g/mol. The van der Waals surface area contributed by atoms with Gasteiger partial charge in [0, 0.05) is 45.1 Å². The Morgan fingerprint density at radius 3 is 2.43 bits per heavy atom. The molecule has 1 aromatic heterocycles. The Morgan fingerprint density at radius 2 is 1.77 bits per heavy atom. The molecule has 1 aliphatic rings. The molecule has 1 N–H and O–H groups in total. The van der Waals surface area contributed by atoms with Gasteiger partial charge in [-0.25, -0.2) is 18.4 Å². The Balaban J connectivity index is 1.34. The molecule has 0 unspecified atom stereocenters. The molecule has 0 spiro atoms. The summed E-state index contributed by atoms with van der Waals surface area (Å²) in [5, 5.41) is 2.70. The van der Waals surface area contributed by atoms with E-state index in [0.29, 0.717) is 44.3 Å². The van der Waals surface area contributed by atoms with Gasteiger partial charge >= 0.3 is 0 Å². The van der Waals surface area contributed by atoms with Crippen LogP contribution in [0.15, 0.2) is 42.7 Å². The van der Waals surface area contributed by atoms with E-state index in [1.165, 1.54) is 4.31 Å². The number of aryl methyl sites for hydroxylation is 1. The summed E-state index contributed by atoms with van der Waals surface area (Å²) < 4.78 is 32.0. The number of anilines is 1. The molecule has 1 amide bonds. The van der Waals surface area contributed by atoms with E-state index in [1.807, 2.05) is 24.0 Å². The molecule has 1 saturated heterocycles. The normalized spacial score (nSPS) is 15.0. The lowest BCUT2D eigenvalue weighted by Gasteiger charge is -2.33. The van der Waals surface area contributed by atoms with Gasteiger partial charge in [-0.15, -0.1) is 0 Å². The van der Waals surface area contributed by atoms with E-state index in [0.717, 1.165) is 5.56 Å². The van der Waals surface area contributed by atoms with E-state index < -0.39 is 10.0 Å². The number of benzene rings is 1. The highest BCUT2D eigenvalue weighted by molar-refractivity contribution is 7.89. The molecule has 1 aromatic carbocycles. The number of hydrogen-bond acceptors (Lipinski definition) is 7. The Morgan fingerprint density at radius 1 is 1.10 bits per heavy atom. The molecule has 10 heteroatoms. The van der Waals surface area contributed by atoms with Gasteiger partial charge in [0.1, 0.15) is 5.75 Å². The molecule has 0 saturated carbocycles. The minimum absolute atomic E-state index is 0.00602. The molecule has 1 fully saturated rings. The Hall–Kier alpha value is -2.72. The molecule has 0 bridgehead atoms. The summed E-state index contributed by atoms with van der Waals surface area (Å²) in [5.74, 6) is 0.960. The molecule has 2 aromatic rings. The fraction of sp³-hybridized carbons (Fsp3) is 0.450. The molecule has 2 heterocycles. The summed E-state index contributed by atoms with van der Waals surface area (Å²) in [6.45, 7) is 4.07. The zero-order valence-corrected chi connectivity index (χ0v) is 17.8. The molecule has 30 heavy (non-hydrogen) atoms. The third kappa shape index (κ3) is 6.39. The summed E-state index contributed by atoms with van der Waals surface area (Å²) in [4.78, 5) is 22.2. The van der Waals surface area contributed by atoms with Crippen molar-refractivity contribution >= 4 is 21.9 Å². The molecule has 9 nitrogen and oxygen atoms in total. The van der Waals surface area contributed by atoms with Gasteiger partial charge < -0.3 is 15.0 Å². The lowest BCUT2D eigenvalue weighted by Crippen LogP contribution is -2.50. The summed E-state index contributed by atoms with van der Waals surface area (Å²) in [6, 6.07) is 9.17. The number of nitrogens with one attached hydrogen (secondary N) is 1. The van der Waals surface area contributed by atoms with Crippen LogP contribution in [-0.2, 0) is 14.8 Å². The first kappa shape index (κ1) is 22.0. The van der Waals surface area contributed by atoms with Crippen LogP contribution in [0, 0.1) is 6.92 Å². The number of ether oxygens (including phenoxy) is 1. The van der Waals surface area contributed by atoms with E-state index in [9.17, 15) is 13.2 Å². The standard InChI is InChI=1S/C20H27N5O4S/c1-17-4-6-18(7-5-17)29-16-19(26)21-10-3-15-30(27,28)25-13-11-24(12-14-25)20-22-8-2-9-23-20/h2,4-9H,3,10-16H2,1H3,(H,21,26). The van der Waals surface area contributed by atoms with Crippen LogP contribution in [0.25, 0.3) is 0 Å². The van der Waals surface area contributed by atoms with Crippen LogP contribution in [0.4, 0.5) is 5.95 Å². The number of carbonyl (C=O) groups is 1. The highest BCUT2D eigenvalue weighted by atomic mass is 32.2. The van der Waals surface area contributed by atoms with Gasteiger partial charge in [-0.1, -0.05) is 17.7 Å². The van der Waals surface area contributed by atoms with E-state index in [4.69, 9.17) is 4.74 Å². The number of carbonyl (C=O) groups excluding carboxylic acids is 1. The van der Waals surface area contributed by atoms with Crippen molar-refractivity contribution in [2.45, 2.75) is 13.3 Å². The predicted molar refractivity (Wildman–Crippen MR) is 114 cm³/mol. The van der Waals surface area contributed by atoms with Gasteiger partial charge in [-0.05, 0) is 31.5 Å². The second-order valence-electron chi connectivity index (χ2n) is 7.06. The minimum atomic E-state index is -3.36. The van der Waals surface area contributed by atoms with Gasteiger partial charge in [0.25, 0.3) is 5.91 Å². The average Bonchev–Trinajstić information content (AvgIpc) is 2.77. The number of hydrogen-bond donors (Lipinski definition) is 1. The number of nitrogens with zero attached hydrogens (tertiary/aromatic N) is 4. The van der Waals surface area contributed by atoms with E-state index in [-0.39, 0.29) is 24.8 Å². The highest BCUT2D eigenvalue weighted by Gasteiger charge is 2.27. The number of amides is 1. The van der Waals surface area contributed by atoms with Crippen LogP contribution >= 0.6 is 0 Å². The van der Waals surface area contributed by atoms with Crippen molar-refractivity contribution in [3.8, 4) is 5.75 Å². The summed E-state index contributed by atoms with van der Waals surface area (Å²) >= 11 is 0. The zero-order valence-electron chi connectivity index (χ0n) is 17.0. The maximum Gasteiger partial charge on any atom is 0.257 e. The van der Waals surface area contributed by atoms with E-state index in [2.05, 4.69) is 15.3 Å². The second-order valence-corrected chi connectivity index (χ2v) is 9.14. The summed E-state index contributed by atoms with van der Waals surface area (Å²) in [5.41, 5.74) is 1.11. The van der Waals surface area contributed by atoms with Gasteiger partial charge in [0.2, 0.25) is 16.0 Å². The van der Waals surface area contributed by atoms with Crippen LogP contribution in [0.1, 0.15) is 12.0 Å². The Labute approximate surface area is 177 Å². The van der Waals surface area contributed by atoms with Crippen LogP contribution in [0.2, 0.25) is 0 Å². The zero-order chi connectivity index (χ0) is 21.4.